The van der Waals surface area contributed by atoms with Crippen molar-refractivity contribution in [1.29, 1.82) is 0 Å². The summed E-state index contributed by atoms with van der Waals surface area (Å²) in [6.45, 7) is 2.83. The smallest absolute Gasteiger partial charge is 0.234 e. The summed E-state index contributed by atoms with van der Waals surface area (Å²) in [5, 5.41) is 2.82. The van der Waals surface area contributed by atoms with E-state index in [0.717, 1.165) is 24.1 Å². The molecule has 0 radical (unpaired) electrons. The molecule has 0 atom stereocenters. The van der Waals surface area contributed by atoms with Gasteiger partial charge in [-0.1, -0.05) is 6.07 Å². The molecule has 0 spiro atoms. The second-order valence-electron chi connectivity index (χ2n) is 4.59. The van der Waals surface area contributed by atoms with E-state index in [1.165, 1.54) is 12.1 Å². The fourth-order valence-corrected chi connectivity index (χ4v) is 2.19. The van der Waals surface area contributed by atoms with E-state index >= 15 is 0 Å². The topological polar surface area (TPSA) is 58.4 Å². The van der Waals surface area contributed by atoms with E-state index in [0.29, 0.717) is 26.2 Å². The van der Waals surface area contributed by atoms with Gasteiger partial charge in [-0.2, -0.15) is 0 Å². The molecule has 1 heterocycles. The van der Waals surface area contributed by atoms with Gasteiger partial charge in [-0.25, -0.2) is 4.39 Å². The predicted octanol–water partition coefficient (Wildman–Crippen LogP) is 0.606. The van der Waals surface area contributed by atoms with Crippen molar-refractivity contribution in [2.75, 3.05) is 19.6 Å². The monoisotopic (exact) mass is 251 g/mol. The highest BCUT2D eigenvalue weighted by molar-refractivity contribution is 5.78. The van der Waals surface area contributed by atoms with E-state index in [2.05, 4.69) is 5.32 Å². The standard InChI is InChI=1S/C13H18FN3O/c14-12-5-10(7-15)4-11(6-12)8-17-3-1-2-16-13(18)9-17/h4-6H,1-3,7-9,15H2,(H,16,18). The number of hydrogen-bond acceptors (Lipinski definition) is 3. The van der Waals surface area contributed by atoms with Gasteiger partial charge < -0.3 is 11.1 Å². The van der Waals surface area contributed by atoms with Gasteiger partial charge in [0.2, 0.25) is 5.91 Å². The number of nitrogens with zero attached hydrogens (tertiary/aromatic N) is 1. The molecule has 0 unspecified atom stereocenters. The fraction of sp³-hybridized carbons (Fsp3) is 0.462. The van der Waals surface area contributed by atoms with Gasteiger partial charge in [-0.3, -0.25) is 9.69 Å². The van der Waals surface area contributed by atoms with E-state index in [-0.39, 0.29) is 11.7 Å². The predicted molar refractivity (Wildman–Crippen MR) is 67.2 cm³/mol. The SMILES string of the molecule is NCc1cc(F)cc(CN2CCCNC(=O)C2)c1. The fourth-order valence-electron chi connectivity index (χ4n) is 2.19. The van der Waals surface area contributed by atoms with Gasteiger partial charge in [-0.05, 0) is 29.7 Å². The summed E-state index contributed by atoms with van der Waals surface area (Å²) < 4.78 is 13.4. The van der Waals surface area contributed by atoms with Gasteiger partial charge in [-0.15, -0.1) is 0 Å². The minimum atomic E-state index is -0.271. The molecular formula is C13H18FN3O. The summed E-state index contributed by atoms with van der Waals surface area (Å²) in [5.41, 5.74) is 7.17. The molecule has 2 rings (SSSR count). The summed E-state index contributed by atoms with van der Waals surface area (Å²) in [4.78, 5) is 13.5. The molecule has 4 nitrogen and oxygen atoms in total. The zero-order chi connectivity index (χ0) is 13.0. The van der Waals surface area contributed by atoms with Crippen LogP contribution in [-0.4, -0.2) is 30.4 Å². The molecule has 0 bridgehead atoms. The number of nitrogens with two attached hydrogens (primary N) is 1. The van der Waals surface area contributed by atoms with Crippen LogP contribution in [0.2, 0.25) is 0 Å². The molecule has 0 aliphatic carbocycles. The molecule has 1 fully saturated rings. The maximum Gasteiger partial charge on any atom is 0.234 e. The Morgan fingerprint density at radius 1 is 1.33 bits per heavy atom. The van der Waals surface area contributed by atoms with Gasteiger partial charge in [0.15, 0.2) is 0 Å². The lowest BCUT2D eigenvalue weighted by Crippen LogP contribution is -2.32. The Labute approximate surface area is 106 Å². The average molecular weight is 251 g/mol. The second-order valence-corrected chi connectivity index (χ2v) is 4.59. The lowest BCUT2D eigenvalue weighted by atomic mass is 10.1. The normalized spacial score (nSPS) is 17.3. The summed E-state index contributed by atoms with van der Waals surface area (Å²) in [5.74, 6) is -0.241. The highest BCUT2D eigenvalue weighted by atomic mass is 19.1. The minimum Gasteiger partial charge on any atom is -0.355 e. The Bertz CT molecular complexity index is 436. The van der Waals surface area contributed by atoms with Gasteiger partial charge in [0, 0.05) is 26.2 Å². The minimum absolute atomic E-state index is 0.0305. The third kappa shape index (κ3) is 3.51. The van der Waals surface area contributed by atoms with Gasteiger partial charge in [0.05, 0.1) is 6.54 Å². The van der Waals surface area contributed by atoms with Crippen molar-refractivity contribution in [3.8, 4) is 0 Å². The molecule has 3 N–H and O–H groups in total. The number of benzene rings is 1. The first-order valence-electron chi connectivity index (χ1n) is 6.15. The molecule has 18 heavy (non-hydrogen) atoms. The van der Waals surface area contributed by atoms with Crippen LogP contribution < -0.4 is 11.1 Å². The first-order valence-corrected chi connectivity index (χ1v) is 6.15. The van der Waals surface area contributed by atoms with Crippen LogP contribution >= 0.6 is 0 Å². The van der Waals surface area contributed by atoms with Gasteiger partial charge in [0.25, 0.3) is 0 Å². The molecule has 1 aromatic carbocycles. The number of amides is 1. The van der Waals surface area contributed by atoms with Crippen LogP contribution in [0.5, 0.6) is 0 Å². The van der Waals surface area contributed by atoms with Gasteiger partial charge in [0.1, 0.15) is 5.82 Å². The van der Waals surface area contributed by atoms with Crippen molar-refractivity contribution >= 4 is 5.91 Å². The Morgan fingerprint density at radius 2 is 2.11 bits per heavy atom. The zero-order valence-corrected chi connectivity index (χ0v) is 10.3. The van der Waals surface area contributed by atoms with Crippen LogP contribution in [0.15, 0.2) is 18.2 Å². The van der Waals surface area contributed by atoms with Crippen molar-refractivity contribution in [1.82, 2.24) is 10.2 Å². The summed E-state index contributed by atoms with van der Waals surface area (Å²) >= 11 is 0. The quantitative estimate of drug-likeness (QED) is 0.827. The number of nitrogens with one attached hydrogen (secondary N) is 1. The van der Waals surface area contributed by atoms with E-state index in [1.807, 2.05) is 11.0 Å². The zero-order valence-electron chi connectivity index (χ0n) is 10.3. The van der Waals surface area contributed by atoms with Crippen LogP contribution in [-0.2, 0) is 17.9 Å². The van der Waals surface area contributed by atoms with Crippen LogP contribution in [0.25, 0.3) is 0 Å². The summed E-state index contributed by atoms with van der Waals surface area (Å²) in [7, 11) is 0. The third-order valence-electron chi connectivity index (χ3n) is 3.00. The largest absolute Gasteiger partial charge is 0.355 e. The first-order chi connectivity index (χ1) is 8.67. The molecule has 0 aromatic heterocycles. The van der Waals surface area contributed by atoms with E-state index < -0.39 is 0 Å². The van der Waals surface area contributed by atoms with E-state index in [9.17, 15) is 9.18 Å². The number of hydrogen-bond donors (Lipinski definition) is 2. The lowest BCUT2D eigenvalue weighted by molar-refractivity contribution is -0.121. The summed E-state index contributed by atoms with van der Waals surface area (Å²) in [6, 6.07) is 4.84. The number of carbonyl (C=O) groups is 1. The van der Waals surface area contributed by atoms with Crippen molar-refractivity contribution in [2.24, 2.45) is 5.73 Å². The molecular weight excluding hydrogens is 233 g/mol. The highest BCUT2D eigenvalue weighted by Gasteiger charge is 2.15. The number of rotatable bonds is 3. The van der Waals surface area contributed by atoms with Crippen molar-refractivity contribution in [3.63, 3.8) is 0 Å². The van der Waals surface area contributed by atoms with Crippen LogP contribution in [0.1, 0.15) is 17.5 Å². The second kappa shape index (κ2) is 5.93. The maximum absolute atomic E-state index is 13.4. The average Bonchev–Trinajstić information content (AvgIpc) is 2.52. The Kier molecular flexibility index (Phi) is 4.28. The lowest BCUT2D eigenvalue weighted by Gasteiger charge is -2.18. The van der Waals surface area contributed by atoms with Crippen LogP contribution in [0.4, 0.5) is 4.39 Å². The van der Waals surface area contributed by atoms with E-state index in [4.69, 9.17) is 5.73 Å². The van der Waals surface area contributed by atoms with Crippen LogP contribution in [0.3, 0.4) is 0 Å². The van der Waals surface area contributed by atoms with Crippen molar-refractivity contribution in [2.45, 2.75) is 19.5 Å². The Balaban J connectivity index is 2.07. The van der Waals surface area contributed by atoms with Gasteiger partial charge >= 0.3 is 0 Å². The number of halogens is 1. The third-order valence-corrected chi connectivity index (χ3v) is 3.00. The Morgan fingerprint density at radius 3 is 2.89 bits per heavy atom. The molecule has 1 amide bonds. The van der Waals surface area contributed by atoms with Crippen molar-refractivity contribution < 1.29 is 9.18 Å². The molecule has 1 saturated heterocycles. The Hall–Kier alpha value is -1.46. The summed E-state index contributed by atoms with van der Waals surface area (Å²) in [6.07, 6.45) is 0.921. The molecule has 0 saturated carbocycles. The maximum atomic E-state index is 13.4. The van der Waals surface area contributed by atoms with Crippen LogP contribution in [0, 0.1) is 5.82 Å². The molecule has 98 valence electrons. The number of carbonyl (C=O) groups excluding carboxylic acids is 1. The molecule has 1 aliphatic rings. The molecule has 5 heteroatoms. The van der Waals surface area contributed by atoms with E-state index in [1.54, 1.807) is 0 Å². The molecule has 1 aliphatic heterocycles. The first kappa shape index (κ1) is 13.0. The highest BCUT2D eigenvalue weighted by Crippen LogP contribution is 2.12. The van der Waals surface area contributed by atoms with Crippen molar-refractivity contribution in [3.05, 3.63) is 35.1 Å². The molecule has 1 aromatic rings.